The Kier molecular flexibility index (Phi) is 4.82. The largest absolute Gasteiger partial charge is 0.298 e. The van der Waals surface area contributed by atoms with Gasteiger partial charge < -0.3 is 0 Å². The molecule has 0 N–H and O–H groups in total. The first-order valence-corrected chi connectivity index (χ1v) is 14.4. The Labute approximate surface area is 241 Å². The summed E-state index contributed by atoms with van der Waals surface area (Å²) in [6.07, 6.45) is 0.971. The number of carbonyl (C=O) groups excluding carboxylic acids is 1. The highest BCUT2D eigenvalue weighted by Crippen LogP contribution is 2.42. The van der Waals surface area contributed by atoms with Gasteiger partial charge in [0, 0.05) is 10.9 Å². The predicted molar refractivity (Wildman–Crippen MR) is 181 cm³/mol. The summed E-state index contributed by atoms with van der Waals surface area (Å²) < 4.78 is 0. The van der Waals surface area contributed by atoms with Crippen LogP contribution >= 0.6 is 0 Å². The molecule has 0 unspecified atom stereocenters. The van der Waals surface area contributed by atoms with Crippen LogP contribution in [0.25, 0.3) is 86.2 Å². The van der Waals surface area contributed by atoms with Crippen LogP contribution in [-0.2, 0) is 0 Å². The van der Waals surface area contributed by atoms with Gasteiger partial charge in [-0.15, -0.1) is 0 Å². The summed E-state index contributed by atoms with van der Waals surface area (Å²) >= 11 is 0. The maximum atomic E-state index is 11.6. The Morgan fingerprint density at radius 3 is 0.976 bits per heavy atom. The second-order valence-electron chi connectivity index (χ2n) is 11.2. The monoisotopic (exact) mass is 532 g/mol. The molecule has 10 rings (SSSR count). The quantitative estimate of drug-likeness (QED) is 0.117. The summed E-state index contributed by atoms with van der Waals surface area (Å²) in [5, 5.41) is 20.5. The smallest absolute Gasteiger partial charge is 0.150 e. The van der Waals surface area contributed by atoms with E-state index in [-0.39, 0.29) is 0 Å². The molecule has 0 aromatic heterocycles. The van der Waals surface area contributed by atoms with Gasteiger partial charge in [-0.25, -0.2) is 0 Å². The van der Waals surface area contributed by atoms with E-state index in [1.165, 1.54) is 80.8 Å². The molecule has 0 radical (unpaired) electrons. The van der Waals surface area contributed by atoms with Crippen LogP contribution in [0.15, 0.2) is 140 Å². The lowest BCUT2D eigenvalue weighted by molar-refractivity contribution is 0.112. The van der Waals surface area contributed by atoms with Crippen molar-refractivity contribution in [2.75, 3.05) is 0 Å². The van der Waals surface area contributed by atoms with E-state index < -0.39 is 0 Å². The van der Waals surface area contributed by atoms with E-state index in [1.54, 1.807) is 0 Å². The average Bonchev–Trinajstić information content (AvgIpc) is 3.06. The van der Waals surface area contributed by atoms with Crippen molar-refractivity contribution in [1.29, 1.82) is 0 Å². The number of aldehydes is 1. The fourth-order valence-corrected chi connectivity index (χ4v) is 7.36. The van der Waals surface area contributed by atoms with Gasteiger partial charge in [0.05, 0.1) is 0 Å². The van der Waals surface area contributed by atoms with Crippen molar-refractivity contribution in [1.82, 2.24) is 0 Å². The molecule has 1 nitrogen and oxygen atoms in total. The molecule has 0 bridgehead atoms. The molecular formula is C41H24O. The van der Waals surface area contributed by atoms with E-state index in [2.05, 4.69) is 127 Å². The highest BCUT2D eigenvalue weighted by Gasteiger charge is 2.15. The summed E-state index contributed by atoms with van der Waals surface area (Å²) in [4.78, 5) is 11.6. The van der Waals surface area contributed by atoms with Crippen LogP contribution in [0.1, 0.15) is 10.4 Å². The Hall–Kier alpha value is -5.53. The van der Waals surface area contributed by atoms with Crippen molar-refractivity contribution < 1.29 is 4.79 Å². The Bertz CT molecular complexity index is 2470. The minimum atomic E-state index is 0.766. The van der Waals surface area contributed by atoms with Crippen molar-refractivity contribution in [2.24, 2.45) is 0 Å². The molecule has 1 heteroatoms. The Morgan fingerprint density at radius 2 is 0.595 bits per heavy atom. The van der Waals surface area contributed by atoms with Crippen LogP contribution < -0.4 is 0 Å². The van der Waals surface area contributed by atoms with Crippen molar-refractivity contribution in [2.45, 2.75) is 0 Å². The van der Waals surface area contributed by atoms with E-state index in [1.807, 2.05) is 12.1 Å². The number of fused-ring (bicyclic) bond motifs is 4. The number of carbonyl (C=O) groups is 1. The highest BCUT2D eigenvalue weighted by molar-refractivity contribution is 6.35. The zero-order valence-electron chi connectivity index (χ0n) is 22.8. The lowest BCUT2D eigenvalue weighted by Crippen LogP contribution is -1.90. The van der Waals surface area contributed by atoms with Crippen LogP contribution in [0.4, 0.5) is 0 Å². The maximum absolute atomic E-state index is 11.6. The third-order valence-corrected chi connectivity index (χ3v) is 9.06. The first-order valence-electron chi connectivity index (χ1n) is 14.4. The molecule has 0 saturated heterocycles. The lowest BCUT2D eigenvalue weighted by Gasteiger charge is -2.15. The minimum Gasteiger partial charge on any atom is -0.298 e. The van der Waals surface area contributed by atoms with Crippen molar-refractivity contribution in [3.05, 3.63) is 145 Å². The fourth-order valence-electron chi connectivity index (χ4n) is 7.36. The molecule has 0 heterocycles. The average molecular weight is 533 g/mol. The van der Waals surface area contributed by atoms with Crippen LogP contribution in [0, 0.1) is 0 Å². The lowest BCUT2D eigenvalue weighted by atomic mass is 9.88. The standard InChI is InChI=1S/C21H12O.C20H12/c22-12-15-11-10-14-6-2-8-17-16-7-1-4-13-5-3-9-18(19(13)16)21(15)20(14)17;1-5-13-6-2-11-17-18-12-4-8-14-7-3-10-16(20(14)18)15(9-1)19(13)17/h1-12H;1-12H. The second kappa shape index (κ2) is 8.73. The first kappa shape index (κ1) is 23.2. The summed E-state index contributed by atoms with van der Waals surface area (Å²) in [5.41, 5.74) is 0.766. The zero-order valence-corrected chi connectivity index (χ0v) is 22.8. The van der Waals surface area contributed by atoms with Gasteiger partial charge in [0.1, 0.15) is 0 Å². The number of benzene rings is 10. The molecule has 0 atom stereocenters. The highest BCUT2D eigenvalue weighted by atomic mass is 16.1. The van der Waals surface area contributed by atoms with E-state index >= 15 is 0 Å². The SMILES string of the molecule is O=Cc1ccc2cccc3c4cccc5cccc(c1c23)c54.c1cc2cccc3c4cccc5cccc(c(c1)c23)c54. The number of hydrogen-bond acceptors (Lipinski definition) is 1. The maximum Gasteiger partial charge on any atom is 0.150 e. The van der Waals surface area contributed by atoms with Gasteiger partial charge in [0.2, 0.25) is 0 Å². The van der Waals surface area contributed by atoms with Crippen molar-refractivity contribution in [3.8, 4) is 0 Å². The van der Waals surface area contributed by atoms with Crippen LogP contribution in [-0.4, -0.2) is 6.29 Å². The van der Waals surface area contributed by atoms with Gasteiger partial charge in [-0.2, -0.15) is 0 Å². The third-order valence-electron chi connectivity index (χ3n) is 9.06. The molecular weight excluding hydrogens is 508 g/mol. The first-order chi connectivity index (χ1) is 20.8. The molecule has 10 aromatic carbocycles. The summed E-state index contributed by atoms with van der Waals surface area (Å²) in [5.74, 6) is 0. The van der Waals surface area contributed by atoms with Crippen molar-refractivity contribution in [3.63, 3.8) is 0 Å². The van der Waals surface area contributed by atoms with Gasteiger partial charge in [-0.05, 0) is 80.8 Å². The Balaban J connectivity index is 0.000000120. The molecule has 0 fully saturated rings. The van der Waals surface area contributed by atoms with Gasteiger partial charge >= 0.3 is 0 Å². The summed E-state index contributed by atoms with van der Waals surface area (Å²) in [6, 6.07) is 49.5. The number of rotatable bonds is 1. The summed E-state index contributed by atoms with van der Waals surface area (Å²) in [7, 11) is 0. The van der Waals surface area contributed by atoms with Gasteiger partial charge in [-0.1, -0.05) is 140 Å². The normalized spacial score (nSPS) is 11.9. The molecule has 0 aliphatic heterocycles. The van der Waals surface area contributed by atoms with E-state index in [0.29, 0.717) is 0 Å². The van der Waals surface area contributed by atoms with Gasteiger partial charge in [-0.3, -0.25) is 4.79 Å². The summed E-state index contributed by atoms with van der Waals surface area (Å²) in [6.45, 7) is 0. The predicted octanol–water partition coefficient (Wildman–Crippen LogP) is 11.3. The molecule has 0 aliphatic carbocycles. The van der Waals surface area contributed by atoms with Crippen LogP contribution in [0.2, 0.25) is 0 Å². The van der Waals surface area contributed by atoms with E-state index in [4.69, 9.17) is 0 Å². The minimum absolute atomic E-state index is 0.766. The molecule has 0 spiro atoms. The van der Waals surface area contributed by atoms with E-state index in [0.717, 1.165) is 17.2 Å². The zero-order chi connectivity index (χ0) is 27.8. The Morgan fingerprint density at radius 1 is 0.286 bits per heavy atom. The fraction of sp³-hybridized carbons (Fsp3) is 0. The van der Waals surface area contributed by atoms with Crippen LogP contribution in [0.5, 0.6) is 0 Å². The molecule has 42 heavy (non-hydrogen) atoms. The van der Waals surface area contributed by atoms with Gasteiger partial charge in [0.25, 0.3) is 0 Å². The molecule has 0 aliphatic rings. The number of hydrogen-bond donors (Lipinski definition) is 0. The molecule has 0 amide bonds. The molecule has 194 valence electrons. The van der Waals surface area contributed by atoms with Crippen molar-refractivity contribution >= 4 is 92.5 Å². The molecule has 10 aromatic rings. The third kappa shape index (κ3) is 3.11. The van der Waals surface area contributed by atoms with E-state index in [9.17, 15) is 4.79 Å². The second-order valence-corrected chi connectivity index (χ2v) is 11.2. The topological polar surface area (TPSA) is 17.1 Å². The van der Waals surface area contributed by atoms with Crippen LogP contribution in [0.3, 0.4) is 0 Å². The molecule has 0 saturated carbocycles. The van der Waals surface area contributed by atoms with Gasteiger partial charge in [0.15, 0.2) is 6.29 Å².